The lowest BCUT2D eigenvalue weighted by Crippen LogP contribution is -2.31. The number of nitrogens with zero attached hydrogens (tertiary/aromatic N) is 2. The van der Waals surface area contributed by atoms with Crippen LogP contribution in [0.2, 0.25) is 0 Å². The third-order valence-corrected chi connectivity index (χ3v) is 4.26. The second kappa shape index (κ2) is 9.47. The van der Waals surface area contributed by atoms with Crippen molar-refractivity contribution >= 4 is 11.6 Å². The molecular formula is C24H32N4O. The SMILES string of the molecule is CC(C)c1cc(Oc2ccccc2)cc(C(C)C)c1N/C(=N/C(C)(C)C)NC#N. The Kier molecular flexibility index (Phi) is 7.28. The van der Waals surface area contributed by atoms with Gasteiger partial charge in [-0.05, 0) is 68.0 Å². The number of ether oxygens (including phenoxy) is 1. The molecule has 5 heteroatoms. The Labute approximate surface area is 174 Å². The van der Waals surface area contributed by atoms with Gasteiger partial charge in [-0.3, -0.25) is 5.32 Å². The normalized spacial score (nSPS) is 12.1. The number of guanidine groups is 1. The Balaban J connectivity index is 2.55. The molecule has 0 radical (unpaired) electrons. The predicted molar refractivity (Wildman–Crippen MR) is 121 cm³/mol. The molecule has 0 aliphatic rings. The maximum atomic E-state index is 9.17. The van der Waals surface area contributed by atoms with Crippen LogP contribution < -0.4 is 15.4 Å². The maximum Gasteiger partial charge on any atom is 0.209 e. The minimum absolute atomic E-state index is 0.257. The third kappa shape index (κ3) is 6.53. The molecule has 0 fully saturated rings. The summed E-state index contributed by atoms with van der Waals surface area (Å²) >= 11 is 0. The average Bonchev–Trinajstić information content (AvgIpc) is 2.62. The highest BCUT2D eigenvalue weighted by Gasteiger charge is 2.19. The van der Waals surface area contributed by atoms with Gasteiger partial charge in [0.05, 0.1) is 5.54 Å². The summed E-state index contributed by atoms with van der Waals surface area (Å²) in [7, 11) is 0. The molecular weight excluding hydrogens is 360 g/mol. The molecule has 0 aliphatic heterocycles. The van der Waals surface area contributed by atoms with Crippen molar-refractivity contribution in [3.63, 3.8) is 0 Å². The van der Waals surface area contributed by atoms with Crippen LogP contribution in [-0.4, -0.2) is 11.5 Å². The van der Waals surface area contributed by atoms with Crippen molar-refractivity contribution in [3.05, 3.63) is 53.6 Å². The molecule has 2 aromatic carbocycles. The number of anilines is 1. The van der Waals surface area contributed by atoms with Crippen LogP contribution in [0.5, 0.6) is 11.5 Å². The Morgan fingerprint density at radius 1 is 0.966 bits per heavy atom. The number of hydrogen-bond donors (Lipinski definition) is 2. The van der Waals surface area contributed by atoms with E-state index in [1.54, 1.807) is 0 Å². The van der Waals surface area contributed by atoms with E-state index in [1.807, 2.05) is 57.3 Å². The van der Waals surface area contributed by atoms with Gasteiger partial charge in [0.25, 0.3) is 0 Å². The van der Waals surface area contributed by atoms with Gasteiger partial charge in [0, 0.05) is 5.69 Å². The highest BCUT2D eigenvalue weighted by Crippen LogP contribution is 2.38. The van der Waals surface area contributed by atoms with Crippen molar-refractivity contribution in [2.75, 3.05) is 5.32 Å². The van der Waals surface area contributed by atoms with E-state index >= 15 is 0 Å². The molecule has 0 amide bonds. The summed E-state index contributed by atoms with van der Waals surface area (Å²) < 4.78 is 6.12. The monoisotopic (exact) mass is 392 g/mol. The summed E-state index contributed by atoms with van der Waals surface area (Å²) in [6, 6.07) is 13.9. The summed E-state index contributed by atoms with van der Waals surface area (Å²) in [4.78, 5) is 4.63. The van der Waals surface area contributed by atoms with Crippen molar-refractivity contribution in [2.45, 2.75) is 65.8 Å². The van der Waals surface area contributed by atoms with Gasteiger partial charge in [-0.15, -0.1) is 0 Å². The fourth-order valence-corrected chi connectivity index (χ4v) is 2.99. The molecule has 0 aromatic heterocycles. The number of benzene rings is 2. The molecule has 0 heterocycles. The van der Waals surface area contributed by atoms with E-state index in [0.717, 1.165) is 28.3 Å². The highest BCUT2D eigenvalue weighted by atomic mass is 16.5. The standard InChI is InChI=1S/C24H32N4O/c1-16(2)20-13-19(29-18-11-9-8-10-12-18)14-21(17(3)4)22(20)27-23(26-15-25)28-24(5,6)7/h8-14,16-17H,1-7H3,(H2,26,27,28). The lowest BCUT2D eigenvalue weighted by atomic mass is 9.92. The molecule has 0 saturated carbocycles. The van der Waals surface area contributed by atoms with E-state index in [-0.39, 0.29) is 17.4 Å². The first kappa shape index (κ1) is 22.3. The number of hydrogen-bond acceptors (Lipinski definition) is 3. The van der Waals surface area contributed by atoms with Crippen LogP contribution in [0.25, 0.3) is 0 Å². The Morgan fingerprint density at radius 2 is 1.52 bits per heavy atom. The zero-order valence-electron chi connectivity index (χ0n) is 18.5. The fourth-order valence-electron chi connectivity index (χ4n) is 2.99. The molecule has 2 N–H and O–H groups in total. The summed E-state index contributed by atoms with van der Waals surface area (Å²) in [6.45, 7) is 14.6. The van der Waals surface area contributed by atoms with Gasteiger partial charge in [-0.25, -0.2) is 4.99 Å². The fraction of sp³-hybridized carbons (Fsp3) is 0.417. The molecule has 0 aliphatic carbocycles. The minimum Gasteiger partial charge on any atom is -0.457 e. The Bertz CT molecular complexity index is 858. The number of nitrogens with one attached hydrogen (secondary N) is 2. The maximum absolute atomic E-state index is 9.17. The zero-order chi connectivity index (χ0) is 21.6. The largest absolute Gasteiger partial charge is 0.457 e. The van der Waals surface area contributed by atoms with E-state index in [0.29, 0.717) is 5.96 Å². The quantitative estimate of drug-likeness (QED) is 0.269. The number of nitriles is 1. The van der Waals surface area contributed by atoms with Gasteiger partial charge in [-0.1, -0.05) is 45.9 Å². The van der Waals surface area contributed by atoms with Crippen LogP contribution >= 0.6 is 0 Å². The molecule has 0 spiro atoms. The molecule has 0 bridgehead atoms. The minimum atomic E-state index is -0.321. The van der Waals surface area contributed by atoms with Crippen LogP contribution in [0.3, 0.4) is 0 Å². The van der Waals surface area contributed by atoms with E-state index in [2.05, 4.69) is 55.5 Å². The van der Waals surface area contributed by atoms with Crippen LogP contribution in [0.1, 0.15) is 71.4 Å². The van der Waals surface area contributed by atoms with Crippen LogP contribution in [0.4, 0.5) is 5.69 Å². The summed E-state index contributed by atoms with van der Waals surface area (Å²) in [5.41, 5.74) is 2.88. The third-order valence-electron chi connectivity index (χ3n) is 4.26. The van der Waals surface area contributed by atoms with Crippen LogP contribution in [0, 0.1) is 11.5 Å². The van der Waals surface area contributed by atoms with E-state index in [9.17, 15) is 5.26 Å². The summed E-state index contributed by atoms with van der Waals surface area (Å²) in [6.07, 6.45) is 1.98. The summed E-state index contributed by atoms with van der Waals surface area (Å²) in [5.74, 6) is 2.57. The first-order valence-electron chi connectivity index (χ1n) is 10.0. The second-order valence-electron chi connectivity index (χ2n) is 8.69. The van der Waals surface area contributed by atoms with Crippen molar-refractivity contribution in [2.24, 2.45) is 4.99 Å². The van der Waals surface area contributed by atoms with Crippen molar-refractivity contribution in [1.29, 1.82) is 5.26 Å². The smallest absolute Gasteiger partial charge is 0.209 e. The number of rotatable bonds is 5. The van der Waals surface area contributed by atoms with Gasteiger partial charge in [-0.2, -0.15) is 5.26 Å². The van der Waals surface area contributed by atoms with E-state index in [4.69, 9.17) is 4.74 Å². The molecule has 2 aromatic rings. The second-order valence-corrected chi connectivity index (χ2v) is 8.69. The van der Waals surface area contributed by atoms with Gasteiger partial charge < -0.3 is 10.1 Å². The summed E-state index contributed by atoms with van der Waals surface area (Å²) in [5, 5.41) is 15.3. The molecule has 5 nitrogen and oxygen atoms in total. The predicted octanol–water partition coefficient (Wildman–Crippen LogP) is 6.36. The van der Waals surface area contributed by atoms with Gasteiger partial charge in [0.1, 0.15) is 11.5 Å². The first-order valence-corrected chi connectivity index (χ1v) is 10.0. The number of aliphatic imine (C=N–C) groups is 1. The van der Waals surface area contributed by atoms with Crippen molar-refractivity contribution < 1.29 is 4.74 Å². The molecule has 0 atom stereocenters. The molecule has 154 valence electrons. The van der Waals surface area contributed by atoms with Crippen LogP contribution in [0.15, 0.2) is 47.5 Å². The lowest BCUT2D eigenvalue weighted by Gasteiger charge is -2.24. The lowest BCUT2D eigenvalue weighted by molar-refractivity contribution is 0.480. The molecule has 2 rings (SSSR count). The van der Waals surface area contributed by atoms with Crippen molar-refractivity contribution in [1.82, 2.24) is 5.32 Å². The Morgan fingerprint density at radius 3 is 1.97 bits per heavy atom. The van der Waals surface area contributed by atoms with E-state index in [1.165, 1.54) is 0 Å². The molecule has 29 heavy (non-hydrogen) atoms. The van der Waals surface area contributed by atoms with Gasteiger partial charge in [0.2, 0.25) is 5.96 Å². The molecule has 0 saturated heterocycles. The highest BCUT2D eigenvalue weighted by molar-refractivity contribution is 5.96. The van der Waals surface area contributed by atoms with E-state index < -0.39 is 0 Å². The topological polar surface area (TPSA) is 69.4 Å². The number of para-hydroxylation sites is 1. The first-order chi connectivity index (χ1) is 13.6. The van der Waals surface area contributed by atoms with Crippen molar-refractivity contribution in [3.8, 4) is 17.7 Å². The van der Waals surface area contributed by atoms with Gasteiger partial charge in [0.15, 0.2) is 6.19 Å². The average molecular weight is 393 g/mol. The van der Waals surface area contributed by atoms with Gasteiger partial charge >= 0.3 is 0 Å². The Hall–Kier alpha value is -3.00. The van der Waals surface area contributed by atoms with Crippen LogP contribution in [-0.2, 0) is 0 Å². The molecule has 0 unspecified atom stereocenters. The zero-order valence-corrected chi connectivity index (χ0v) is 18.5.